The molecule has 2 fully saturated rings. The third-order valence-electron chi connectivity index (χ3n) is 11.4. The number of rotatable bonds is 27. The first kappa shape index (κ1) is 43.7. The molecule has 10 heteroatoms. The highest BCUT2D eigenvalue weighted by Gasteiger charge is 2.37. The molecule has 0 saturated heterocycles. The van der Waals surface area contributed by atoms with Crippen LogP contribution in [0.2, 0.25) is 0 Å². The van der Waals surface area contributed by atoms with E-state index in [9.17, 15) is 4.79 Å². The Labute approximate surface area is 335 Å². The quantitative estimate of drug-likeness (QED) is 0.0742. The van der Waals surface area contributed by atoms with Crippen LogP contribution in [-0.2, 0) is 35.1 Å². The molecule has 1 atom stereocenters. The van der Waals surface area contributed by atoms with Crippen molar-refractivity contribution in [1.82, 2.24) is 10.3 Å². The lowest BCUT2D eigenvalue weighted by Crippen LogP contribution is -2.40. The fourth-order valence-corrected chi connectivity index (χ4v) is 8.47. The van der Waals surface area contributed by atoms with Crippen LogP contribution in [0.5, 0.6) is 5.88 Å². The Morgan fingerprint density at radius 3 is 1.82 bits per heavy atom. The van der Waals surface area contributed by atoms with E-state index in [0.717, 1.165) is 18.4 Å². The van der Waals surface area contributed by atoms with Crippen LogP contribution in [0.1, 0.15) is 93.4 Å². The van der Waals surface area contributed by atoms with Crippen molar-refractivity contribution in [3.8, 4) is 17.0 Å². The molecule has 5 rings (SSSR count). The predicted molar refractivity (Wildman–Crippen MR) is 220 cm³/mol. The summed E-state index contributed by atoms with van der Waals surface area (Å²) in [6.07, 6.45) is 15.7. The number of hydrogen-bond acceptors (Lipinski definition) is 9. The van der Waals surface area contributed by atoms with Crippen LogP contribution in [0.15, 0.2) is 66.9 Å². The molecular formula is C46H67N3O7. The lowest BCUT2D eigenvalue weighted by atomic mass is 9.65. The second kappa shape index (κ2) is 25.8. The number of benzene rings is 2. The van der Waals surface area contributed by atoms with E-state index in [1.807, 2.05) is 0 Å². The number of pyridine rings is 1. The molecule has 308 valence electrons. The summed E-state index contributed by atoms with van der Waals surface area (Å²) >= 11 is 0. The summed E-state index contributed by atoms with van der Waals surface area (Å²) in [6.45, 7) is 8.32. The zero-order valence-electron chi connectivity index (χ0n) is 33.8. The normalized spacial score (nSPS) is 16.0. The molecule has 3 aromatic rings. The summed E-state index contributed by atoms with van der Waals surface area (Å²) in [6, 6.07) is 21.5. The van der Waals surface area contributed by atoms with Crippen LogP contribution < -0.4 is 15.8 Å². The molecule has 0 radical (unpaired) electrons. The van der Waals surface area contributed by atoms with Gasteiger partial charge in [0.15, 0.2) is 0 Å². The monoisotopic (exact) mass is 773 g/mol. The minimum atomic E-state index is -0.364. The summed E-state index contributed by atoms with van der Waals surface area (Å²) in [5.41, 5.74) is 11.2. The van der Waals surface area contributed by atoms with Crippen LogP contribution >= 0.6 is 0 Å². The Morgan fingerprint density at radius 1 is 0.696 bits per heavy atom. The maximum absolute atomic E-state index is 10.7. The van der Waals surface area contributed by atoms with Crippen LogP contribution in [-0.4, -0.2) is 83.5 Å². The first-order valence-electron chi connectivity index (χ1n) is 21.2. The van der Waals surface area contributed by atoms with Crippen molar-refractivity contribution < 1.29 is 33.2 Å². The number of ether oxygens (including phenoxy) is 6. The Morgan fingerprint density at radius 2 is 1.27 bits per heavy atom. The van der Waals surface area contributed by atoms with E-state index < -0.39 is 0 Å². The highest BCUT2D eigenvalue weighted by Crippen LogP contribution is 2.46. The molecule has 2 aromatic carbocycles. The van der Waals surface area contributed by atoms with Crippen molar-refractivity contribution in [2.75, 3.05) is 72.6 Å². The minimum absolute atomic E-state index is 0.225. The number of carbonyl (C=O) groups excluding carboxylic acids is 1. The summed E-state index contributed by atoms with van der Waals surface area (Å²) in [5.74, 6) is 2.35. The van der Waals surface area contributed by atoms with Gasteiger partial charge in [-0.1, -0.05) is 119 Å². The van der Waals surface area contributed by atoms with Gasteiger partial charge in [-0.05, 0) is 52.5 Å². The number of primary amides is 1. The molecule has 1 amide bonds. The molecule has 1 aromatic heterocycles. The lowest BCUT2D eigenvalue weighted by molar-refractivity contribution is -0.119. The van der Waals surface area contributed by atoms with Crippen molar-refractivity contribution in [2.24, 2.45) is 23.5 Å². The second-order valence-corrected chi connectivity index (χ2v) is 15.3. The lowest BCUT2D eigenvalue weighted by Gasteiger charge is -2.43. The van der Waals surface area contributed by atoms with Gasteiger partial charge in [0.1, 0.15) is 6.61 Å². The minimum Gasteiger partial charge on any atom is -0.473 e. The maximum Gasteiger partial charge on any atom is 0.219 e. The fraction of sp³-hybridized carbons (Fsp3) is 0.609. The number of nitrogens with zero attached hydrogens (tertiary/aromatic N) is 1. The number of nitrogens with two attached hydrogens (primary N) is 1. The highest BCUT2D eigenvalue weighted by molar-refractivity contribution is 5.73. The number of nitrogens with one attached hydrogen (secondary N) is 1. The van der Waals surface area contributed by atoms with Gasteiger partial charge in [-0.25, -0.2) is 4.98 Å². The Bertz CT molecular complexity index is 1480. The van der Waals surface area contributed by atoms with E-state index in [1.54, 1.807) is 0 Å². The maximum atomic E-state index is 10.7. The number of amides is 1. The Balaban J connectivity index is 1.08. The van der Waals surface area contributed by atoms with Gasteiger partial charge in [0.25, 0.3) is 0 Å². The molecule has 2 aliphatic carbocycles. The van der Waals surface area contributed by atoms with E-state index >= 15 is 0 Å². The standard InChI is InChI=1S/C46H67N3O7/c1-36-41(18-11-19-42(36)37-12-5-2-6-13-37)35-56-44-21-20-40(34-49-44)46(45(38-14-7-3-8-15-38)39-16-9-4-10-17-39)48-23-25-52-27-29-54-31-33-55-32-30-53-28-26-51-24-22-43(47)50/h2,5-6,11-13,18-21,34,38-39,45-46,48H,3-4,7-10,14-17,22-33,35H2,1H3,(H2,47,50). The van der Waals surface area contributed by atoms with Gasteiger partial charge in [-0.15, -0.1) is 0 Å². The third kappa shape index (κ3) is 15.2. The van der Waals surface area contributed by atoms with Crippen molar-refractivity contribution in [1.29, 1.82) is 0 Å². The molecule has 1 unspecified atom stereocenters. The van der Waals surface area contributed by atoms with E-state index in [-0.39, 0.29) is 18.4 Å². The molecule has 0 spiro atoms. The van der Waals surface area contributed by atoms with Gasteiger partial charge in [-0.2, -0.15) is 0 Å². The van der Waals surface area contributed by atoms with Crippen molar-refractivity contribution in [3.05, 3.63) is 83.6 Å². The zero-order valence-corrected chi connectivity index (χ0v) is 33.8. The topological polar surface area (TPSA) is 123 Å². The molecule has 1 heterocycles. The first-order valence-corrected chi connectivity index (χ1v) is 21.2. The molecule has 3 N–H and O–H groups in total. The Kier molecular flexibility index (Phi) is 20.1. The van der Waals surface area contributed by atoms with Gasteiger partial charge in [0.2, 0.25) is 11.8 Å². The van der Waals surface area contributed by atoms with Crippen molar-refractivity contribution >= 4 is 5.91 Å². The van der Waals surface area contributed by atoms with Crippen molar-refractivity contribution in [2.45, 2.75) is 90.2 Å². The molecule has 10 nitrogen and oxygen atoms in total. The molecule has 2 aliphatic rings. The summed E-state index contributed by atoms with van der Waals surface area (Å²) in [7, 11) is 0. The molecule has 2 saturated carbocycles. The second-order valence-electron chi connectivity index (χ2n) is 15.3. The van der Waals surface area contributed by atoms with Crippen LogP contribution in [0.3, 0.4) is 0 Å². The first-order chi connectivity index (χ1) is 27.6. The molecule has 0 bridgehead atoms. The summed E-state index contributed by atoms with van der Waals surface area (Å²) < 4.78 is 34.4. The van der Waals surface area contributed by atoms with Crippen LogP contribution in [0, 0.1) is 24.7 Å². The van der Waals surface area contributed by atoms with E-state index in [1.165, 1.54) is 92.0 Å². The van der Waals surface area contributed by atoms with Gasteiger partial charge >= 0.3 is 0 Å². The van der Waals surface area contributed by atoms with Gasteiger partial charge in [0, 0.05) is 31.3 Å². The smallest absolute Gasteiger partial charge is 0.219 e. The number of aromatic nitrogens is 1. The summed E-state index contributed by atoms with van der Waals surface area (Å²) in [5, 5.41) is 3.99. The largest absolute Gasteiger partial charge is 0.473 e. The SMILES string of the molecule is Cc1c(COc2ccc(C(NCCOCCOCCOCCOCCOCCC(N)=O)C(C3CCCCC3)C3CCCCC3)cn2)cccc1-c1ccccc1. The van der Waals surface area contributed by atoms with Gasteiger partial charge in [0.05, 0.1) is 66.1 Å². The Hall–Kier alpha value is -3.38. The van der Waals surface area contributed by atoms with Crippen molar-refractivity contribution in [3.63, 3.8) is 0 Å². The average molecular weight is 774 g/mol. The van der Waals surface area contributed by atoms with E-state index in [0.29, 0.717) is 84.5 Å². The molecule has 56 heavy (non-hydrogen) atoms. The van der Waals surface area contributed by atoms with Gasteiger partial charge < -0.3 is 39.5 Å². The zero-order chi connectivity index (χ0) is 39.0. The molecule has 0 aliphatic heterocycles. The third-order valence-corrected chi connectivity index (χ3v) is 11.4. The van der Waals surface area contributed by atoms with Gasteiger partial charge in [-0.3, -0.25) is 4.79 Å². The van der Waals surface area contributed by atoms with E-state index in [4.69, 9.17) is 39.1 Å². The number of hydrogen-bond donors (Lipinski definition) is 2. The summed E-state index contributed by atoms with van der Waals surface area (Å²) in [4.78, 5) is 15.6. The van der Waals surface area contributed by atoms with E-state index in [2.05, 4.69) is 79.1 Å². The van der Waals surface area contributed by atoms with Crippen LogP contribution in [0.25, 0.3) is 11.1 Å². The predicted octanol–water partition coefficient (Wildman–Crippen LogP) is 8.00. The molecular weight excluding hydrogens is 707 g/mol. The number of carbonyl (C=O) groups is 1. The average Bonchev–Trinajstić information content (AvgIpc) is 3.23. The fourth-order valence-electron chi connectivity index (χ4n) is 8.47. The highest BCUT2D eigenvalue weighted by atomic mass is 16.6. The van der Waals surface area contributed by atoms with Crippen LogP contribution in [0.4, 0.5) is 0 Å².